The summed E-state index contributed by atoms with van der Waals surface area (Å²) in [7, 11) is 3.30. The third-order valence-electron chi connectivity index (χ3n) is 15.0. The zero-order chi connectivity index (χ0) is 53.7. The van der Waals surface area contributed by atoms with Crippen LogP contribution in [0.1, 0.15) is 138 Å². The van der Waals surface area contributed by atoms with Gasteiger partial charge >= 0.3 is 0 Å². The molecule has 0 aliphatic carbocycles. The number of hydrogen-bond acceptors (Lipinski definition) is 11. The summed E-state index contributed by atoms with van der Waals surface area (Å²) in [4.78, 5) is 115. The van der Waals surface area contributed by atoms with E-state index >= 15 is 0 Å². The fourth-order valence-corrected chi connectivity index (χ4v) is 9.67. The molecule has 17 nitrogen and oxygen atoms in total. The Kier molecular flexibility index (Phi) is 22.8. The van der Waals surface area contributed by atoms with Crippen molar-refractivity contribution in [3.05, 3.63) is 101 Å². The number of likely N-dealkylation sites (tertiary alicyclic amines) is 2. The number of amides is 6. The van der Waals surface area contributed by atoms with E-state index in [0.717, 1.165) is 11.1 Å². The van der Waals surface area contributed by atoms with Crippen LogP contribution in [-0.2, 0) is 28.8 Å². The summed E-state index contributed by atoms with van der Waals surface area (Å²) in [5, 5.41) is 17.8. The molecule has 0 radical (unpaired) electrons. The molecule has 0 aromatic heterocycles. The van der Waals surface area contributed by atoms with E-state index in [2.05, 4.69) is 31.9 Å². The van der Waals surface area contributed by atoms with Gasteiger partial charge in [0.1, 0.15) is 24.2 Å². The molecule has 0 saturated carbocycles. The van der Waals surface area contributed by atoms with Gasteiger partial charge in [-0.2, -0.15) is 0 Å². The number of halogens is 1. The van der Waals surface area contributed by atoms with Crippen molar-refractivity contribution in [3.8, 4) is 0 Å². The SMILES string of the molecule is CC[C@@H](C)[C@H](NC(=O)[C@H](C)NC)C(=O)N1C[C@@H](CC(=O)c2cc(N)cc(C(=O)C[C@H]3C[C@@H](C(=O)N[C@H](C)c4ccccc4)N(C(=O)[C@@H](NC(=O)[C@H](C)NC)[C@H](C)CC)C3)c2)C[C@H]1C(=O)N[C@H](C)c1ccccc1.Cl. The second-order valence-electron chi connectivity index (χ2n) is 20.4. The number of nitrogens with one attached hydrogen (secondary N) is 6. The van der Waals surface area contributed by atoms with Crippen LogP contribution in [0.15, 0.2) is 78.9 Å². The van der Waals surface area contributed by atoms with Crippen LogP contribution in [0.5, 0.6) is 0 Å². The molecule has 0 unspecified atom stereocenters. The molecular weight excluding hydrogens is 962 g/mol. The molecule has 2 saturated heterocycles. The monoisotopic (exact) mass is 1040 g/mol. The van der Waals surface area contributed by atoms with Gasteiger partial charge in [0.2, 0.25) is 35.4 Å². The average Bonchev–Trinajstić information content (AvgIpc) is 4.03. The standard InChI is InChI=1S/C56H79N9O8.ClH/c1-11-32(3)49(62-51(68)36(7)58-9)55(72)64-30-38(23-45(64)53(70)60-34(5)40-19-15-13-16-20-40)25-47(66)42-27-43(29-44(57)28-42)48(67)26-39-24-46(54(71)61-35(6)41-21-17-14-18-22-41)65(31-39)56(73)50(33(4)12-2)63-52(69)37(8)59-10;/h13-22,27-29,32-39,45-46,49-50,58-59H,11-12,23-26,30-31,57H2,1-10H3,(H,60,70)(H,61,71)(H,62,68)(H,63,69);1H/t32-,33-,34-,35-,36+,37+,38-,39-,45+,46+,49+,50+;/m1./s1. The normalized spacial score (nSPS) is 20.6. The molecule has 404 valence electrons. The van der Waals surface area contributed by atoms with E-state index in [1.165, 1.54) is 28.0 Å². The summed E-state index contributed by atoms with van der Waals surface area (Å²) in [5.74, 6) is -4.40. The number of hydrogen-bond donors (Lipinski definition) is 7. The summed E-state index contributed by atoms with van der Waals surface area (Å²) in [6.45, 7) is 14.9. The fourth-order valence-electron chi connectivity index (χ4n) is 9.67. The zero-order valence-electron chi connectivity index (χ0n) is 44.7. The van der Waals surface area contributed by atoms with Crippen LogP contribution >= 0.6 is 12.4 Å². The molecule has 0 spiro atoms. The molecular formula is C56H80ClN9O8. The van der Waals surface area contributed by atoms with Crippen LogP contribution < -0.4 is 37.6 Å². The Morgan fingerprint density at radius 3 is 1.23 bits per heavy atom. The van der Waals surface area contributed by atoms with Crippen LogP contribution in [0.25, 0.3) is 0 Å². The fraction of sp³-hybridized carbons (Fsp3) is 0.536. The molecule has 2 fully saturated rings. The maximum atomic E-state index is 14.6. The van der Waals surface area contributed by atoms with E-state index in [0.29, 0.717) is 12.8 Å². The minimum Gasteiger partial charge on any atom is -0.399 e. The number of carbonyl (C=O) groups excluding carboxylic acids is 8. The molecule has 74 heavy (non-hydrogen) atoms. The number of nitrogen functional groups attached to an aromatic ring is 1. The van der Waals surface area contributed by atoms with Crippen molar-refractivity contribution in [2.45, 2.75) is 142 Å². The number of rotatable bonds is 24. The lowest BCUT2D eigenvalue weighted by molar-refractivity contribution is -0.143. The first-order valence-corrected chi connectivity index (χ1v) is 25.9. The highest BCUT2D eigenvalue weighted by Crippen LogP contribution is 2.33. The van der Waals surface area contributed by atoms with Gasteiger partial charge in [0, 0.05) is 42.7 Å². The van der Waals surface area contributed by atoms with Crippen LogP contribution in [0, 0.1) is 23.7 Å². The number of ketones is 2. The molecule has 6 amide bonds. The number of anilines is 1. The maximum absolute atomic E-state index is 14.6. The van der Waals surface area contributed by atoms with Crippen molar-refractivity contribution in [2.24, 2.45) is 23.7 Å². The molecule has 2 heterocycles. The summed E-state index contributed by atoms with van der Waals surface area (Å²) < 4.78 is 0. The lowest BCUT2D eigenvalue weighted by Crippen LogP contribution is -2.57. The van der Waals surface area contributed by atoms with Crippen LogP contribution in [-0.4, -0.2) is 120 Å². The quantitative estimate of drug-likeness (QED) is 0.0449. The third-order valence-corrected chi connectivity index (χ3v) is 15.0. The van der Waals surface area contributed by atoms with E-state index in [-0.39, 0.29) is 127 Å². The topological polar surface area (TPSA) is 241 Å². The Bertz CT molecular complexity index is 2270. The van der Waals surface area contributed by atoms with Gasteiger partial charge in [-0.05, 0) is 108 Å². The molecule has 12 atom stereocenters. The average molecular weight is 1040 g/mol. The number of likely N-dealkylation sites (N-methyl/N-ethyl adjacent to an activating group) is 2. The summed E-state index contributed by atoms with van der Waals surface area (Å²) >= 11 is 0. The van der Waals surface area contributed by atoms with E-state index in [1.807, 2.05) is 102 Å². The van der Waals surface area contributed by atoms with Crippen molar-refractivity contribution >= 4 is 65.1 Å². The molecule has 3 aromatic rings. The number of Topliss-reactive ketones (excluding diaryl/α,β-unsaturated/α-hetero) is 2. The van der Waals surface area contributed by atoms with Gasteiger partial charge in [-0.3, -0.25) is 38.4 Å². The van der Waals surface area contributed by atoms with Gasteiger partial charge in [0.15, 0.2) is 11.6 Å². The molecule has 0 bridgehead atoms. The summed E-state index contributed by atoms with van der Waals surface area (Å²) in [5.41, 5.74) is 8.71. The van der Waals surface area contributed by atoms with Crippen molar-refractivity contribution in [2.75, 3.05) is 32.9 Å². The van der Waals surface area contributed by atoms with Crippen molar-refractivity contribution in [1.82, 2.24) is 41.7 Å². The maximum Gasteiger partial charge on any atom is 0.246 e. The van der Waals surface area contributed by atoms with Gasteiger partial charge in [-0.1, -0.05) is 101 Å². The molecule has 18 heteroatoms. The van der Waals surface area contributed by atoms with Crippen molar-refractivity contribution in [3.63, 3.8) is 0 Å². The molecule has 2 aliphatic heterocycles. The lowest BCUT2D eigenvalue weighted by atomic mass is 9.92. The van der Waals surface area contributed by atoms with Crippen LogP contribution in [0.2, 0.25) is 0 Å². The Morgan fingerprint density at radius 2 is 0.905 bits per heavy atom. The number of benzene rings is 3. The smallest absolute Gasteiger partial charge is 0.246 e. The Hall–Kier alpha value is -6.17. The van der Waals surface area contributed by atoms with Crippen molar-refractivity contribution in [1.29, 1.82) is 0 Å². The Labute approximate surface area is 443 Å². The van der Waals surface area contributed by atoms with E-state index < -0.39 is 59.9 Å². The summed E-state index contributed by atoms with van der Waals surface area (Å²) in [6, 6.07) is 17.8. The molecule has 2 aliphatic rings. The zero-order valence-corrected chi connectivity index (χ0v) is 45.6. The van der Waals surface area contributed by atoms with Gasteiger partial charge < -0.3 is 47.4 Å². The van der Waals surface area contributed by atoms with Gasteiger partial charge in [-0.25, -0.2) is 0 Å². The first-order valence-electron chi connectivity index (χ1n) is 25.9. The predicted octanol–water partition coefficient (Wildman–Crippen LogP) is 5.30. The number of carbonyl (C=O) groups is 8. The first kappa shape index (κ1) is 60.4. The number of nitrogens with zero attached hydrogens (tertiary/aromatic N) is 2. The largest absolute Gasteiger partial charge is 0.399 e. The molecule has 5 rings (SSSR count). The van der Waals surface area contributed by atoms with Gasteiger partial charge in [0.05, 0.1) is 24.2 Å². The third kappa shape index (κ3) is 15.4. The highest BCUT2D eigenvalue weighted by Gasteiger charge is 2.46. The van der Waals surface area contributed by atoms with Gasteiger partial charge in [-0.15, -0.1) is 12.4 Å². The predicted molar refractivity (Wildman–Crippen MR) is 289 cm³/mol. The van der Waals surface area contributed by atoms with Crippen molar-refractivity contribution < 1.29 is 38.4 Å². The molecule has 8 N–H and O–H groups in total. The van der Waals surface area contributed by atoms with Crippen LogP contribution in [0.3, 0.4) is 0 Å². The second-order valence-corrected chi connectivity index (χ2v) is 20.4. The van der Waals surface area contributed by atoms with Gasteiger partial charge in [0.25, 0.3) is 0 Å². The highest BCUT2D eigenvalue weighted by molar-refractivity contribution is 6.03. The van der Waals surface area contributed by atoms with E-state index in [4.69, 9.17) is 5.73 Å². The van der Waals surface area contributed by atoms with E-state index in [1.54, 1.807) is 27.9 Å². The molecule has 3 aromatic carbocycles. The summed E-state index contributed by atoms with van der Waals surface area (Å²) in [6.07, 6.45) is 1.39. The minimum absolute atomic E-state index is 0. The first-order chi connectivity index (χ1) is 34.7. The van der Waals surface area contributed by atoms with E-state index in [9.17, 15) is 38.4 Å². The Morgan fingerprint density at radius 1 is 0.554 bits per heavy atom. The number of nitrogens with two attached hydrogens (primary N) is 1. The van der Waals surface area contributed by atoms with Crippen LogP contribution in [0.4, 0.5) is 5.69 Å². The Balaban J connectivity index is 0.0000119. The highest BCUT2D eigenvalue weighted by atomic mass is 35.5. The second kappa shape index (κ2) is 27.9. The lowest BCUT2D eigenvalue weighted by Gasteiger charge is -2.32. The minimum atomic E-state index is -0.932.